The Labute approximate surface area is 332 Å². The maximum atomic E-state index is 5.32. The van der Waals surface area contributed by atoms with Gasteiger partial charge in [0.15, 0.2) is 5.82 Å². The van der Waals surface area contributed by atoms with Crippen molar-refractivity contribution < 1.29 is 0 Å². The number of fused-ring (bicyclic) bond motifs is 12. The average molecular weight is 747 g/mol. The van der Waals surface area contributed by atoms with Crippen molar-refractivity contribution in [3.63, 3.8) is 0 Å². The van der Waals surface area contributed by atoms with E-state index in [4.69, 9.17) is 9.97 Å². The average Bonchev–Trinajstić information content (AvgIpc) is 3.90. The molecular weight excluding hydrogens is 713 g/mol. The Bertz CT molecular complexity index is 3570. The van der Waals surface area contributed by atoms with E-state index in [1.165, 1.54) is 85.9 Å². The fraction of sp³-hybridized carbons (Fsp3) is 0.0385. The first-order chi connectivity index (χ1) is 28.1. The van der Waals surface area contributed by atoms with Crippen molar-refractivity contribution in [2.75, 3.05) is 0 Å². The number of aromatic nitrogens is 4. The molecule has 57 heavy (non-hydrogen) atoms. The SMILES string of the molecule is Cc1cc(C)cc(-n2c3cc4sc5ccc6c7ccccc7n(-c7cnc(-c8ccccc8)nc7-c7ccccc7)c6c5c4cc3c3ccc4ccccc4c32)c1. The van der Waals surface area contributed by atoms with E-state index < -0.39 is 0 Å². The summed E-state index contributed by atoms with van der Waals surface area (Å²) in [5.41, 5.74) is 12.4. The molecule has 0 spiro atoms. The molecule has 0 fully saturated rings. The number of rotatable bonds is 4. The summed E-state index contributed by atoms with van der Waals surface area (Å²) in [4.78, 5) is 10.4. The molecule has 5 heteroatoms. The van der Waals surface area contributed by atoms with Crippen LogP contribution in [0.4, 0.5) is 0 Å². The molecule has 0 N–H and O–H groups in total. The third kappa shape index (κ3) is 4.79. The zero-order valence-corrected chi connectivity index (χ0v) is 32.2. The fourth-order valence-corrected chi connectivity index (χ4v) is 10.4. The first kappa shape index (κ1) is 32.2. The van der Waals surface area contributed by atoms with Gasteiger partial charge in [-0.3, -0.25) is 0 Å². The lowest BCUT2D eigenvalue weighted by Crippen LogP contribution is -2.02. The molecule has 4 nitrogen and oxygen atoms in total. The van der Waals surface area contributed by atoms with E-state index >= 15 is 0 Å². The third-order valence-electron chi connectivity index (χ3n) is 11.6. The molecule has 0 bridgehead atoms. The molecule has 4 aromatic heterocycles. The van der Waals surface area contributed by atoms with Crippen LogP contribution >= 0.6 is 11.3 Å². The number of hydrogen-bond donors (Lipinski definition) is 0. The predicted octanol–water partition coefficient (Wildman–Crippen LogP) is 14.1. The van der Waals surface area contributed by atoms with Crippen LogP contribution in [0.15, 0.2) is 170 Å². The molecule has 268 valence electrons. The van der Waals surface area contributed by atoms with Crippen molar-refractivity contribution in [2.24, 2.45) is 0 Å². The lowest BCUT2D eigenvalue weighted by Gasteiger charge is -2.15. The quantitative estimate of drug-likeness (QED) is 0.180. The highest BCUT2D eigenvalue weighted by molar-refractivity contribution is 7.26. The Morgan fingerprint density at radius 3 is 1.96 bits per heavy atom. The standard InChI is InChI=1S/C52H34N4S/c1-31-25-32(2)27-36(26-31)55-44-29-47-42(28-41(44)40-22-21-33-13-9-10-18-37(33)50(40)55)48-46(57-47)24-23-39-38-19-11-12-20-43(38)56(51(39)48)45-30-53-52(35-16-7-4-8-17-35)54-49(45)34-14-5-3-6-15-34/h3-30H,1-2H3. The van der Waals surface area contributed by atoms with Gasteiger partial charge in [-0.2, -0.15) is 0 Å². The van der Waals surface area contributed by atoms with Crippen molar-refractivity contribution >= 4 is 85.9 Å². The minimum Gasteiger partial charge on any atom is -0.309 e. The second kappa shape index (κ2) is 12.2. The van der Waals surface area contributed by atoms with Crippen LogP contribution in [-0.2, 0) is 0 Å². The van der Waals surface area contributed by atoms with E-state index in [0.29, 0.717) is 5.82 Å². The Kier molecular flexibility index (Phi) is 6.90. The van der Waals surface area contributed by atoms with E-state index in [2.05, 4.69) is 169 Å². The maximum absolute atomic E-state index is 5.32. The Morgan fingerprint density at radius 2 is 1.16 bits per heavy atom. The van der Waals surface area contributed by atoms with Crippen molar-refractivity contribution in [1.82, 2.24) is 19.1 Å². The highest BCUT2D eigenvalue weighted by atomic mass is 32.1. The van der Waals surface area contributed by atoms with Gasteiger partial charge in [-0.05, 0) is 66.8 Å². The molecule has 0 saturated carbocycles. The van der Waals surface area contributed by atoms with Gasteiger partial charge in [0.2, 0.25) is 0 Å². The number of para-hydroxylation sites is 1. The highest BCUT2D eigenvalue weighted by Crippen LogP contribution is 2.47. The summed E-state index contributed by atoms with van der Waals surface area (Å²) in [5, 5.41) is 9.94. The van der Waals surface area contributed by atoms with Crippen LogP contribution < -0.4 is 0 Å². The number of hydrogen-bond acceptors (Lipinski definition) is 3. The molecule has 0 unspecified atom stereocenters. The zero-order valence-electron chi connectivity index (χ0n) is 31.4. The van der Waals surface area contributed by atoms with Crippen molar-refractivity contribution in [2.45, 2.75) is 13.8 Å². The minimum atomic E-state index is 0.709. The Hall–Kier alpha value is -7.08. The summed E-state index contributed by atoms with van der Waals surface area (Å²) in [6.45, 7) is 4.39. The van der Waals surface area contributed by atoms with Crippen LogP contribution in [0.3, 0.4) is 0 Å². The Balaban J connectivity index is 1.22. The van der Waals surface area contributed by atoms with Gasteiger partial charge in [0.05, 0.1) is 39.6 Å². The third-order valence-corrected chi connectivity index (χ3v) is 12.7. The van der Waals surface area contributed by atoms with E-state index in [1.54, 1.807) is 0 Å². The van der Waals surface area contributed by atoms with Crippen LogP contribution in [0.5, 0.6) is 0 Å². The molecule has 0 aliphatic carbocycles. The monoisotopic (exact) mass is 746 g/mol. The fourth-order valence-electron chi connectivity index (χ4n) is 9.26. The maximum Gasteiger partial charge on any atom is 0.159 e. The molecule has 4 heterocycles. The van der Waals surface area contributed by atoms with Crippen molar-refractivity contribution in [3.8, 4) is 34.0 Å². The summed E-state index contributed by atoms with van der Waals surface area (Å²) < 4.78 is 7.44. The van der Waals surface area contributed by atoms with E-state index in [9.17, 15) is 0 Å². The van der Waals surface area contributed by atoms with Crippen LogP contribution in [0.1, 0.15) is 11.1 Å². The molecule has 8 aromatic carbocycles. The summed E-state index contributed by atoms with van der Waals surface area (Å²) in [6.07, 6.45) is 2.03. The number of benzene rings is 8. The normalized spacial score (nSPS) is 12.0. The van der Waals surface area contributed by atoms with Gasteiger partial charge < -0.3 is 9.13 Å². The second-order valence-electron chi connectivity index (χ2n) is 15.2. The van der Waals surface area contributed by atoms with E-state index in [1.807, 2.05) is 35.7 Å². The smallest absolute Gasteiger partial charge is 0.159 e. The second-order valence-corrected chi connectivity index (χ2v) is 16.3. The summed E-state index contributed by atoms with van der Waals surface area (Å²) >= 11 is 1.87. The molecule has 0 amide bonds. The van der Waals surface area contributed by atoms with Crippen LogP contribution in [0, 0.1) is 13.8 Å². The van der Waals surface area contributed by atoms with Gasteiger partial charge in [0.25, 0.3) is 0 Å². The van der Waals surface area contributed by atoms with Gasteiger partial charge in [-0.15, -0.1) is 11.3 Å². The minimum absolute atomic E-state index is 0.709. The van der Waals surface area contributed by atoms with Crippen LogP contribution in [0.25, 0.3) is 109 Å². The molecule has 12 aromatic rings. The van der Waals surface area contributed by atoms with E-state index in [-0.39, 0.29) is 0 Å². The van der Waals surface area contributed by atoms with Crippen LogP contribution in [-0.4, -0.2) is 19.1 Å². The molecule has 0 aliphatic heterocycles. The number of nitrogens with zero attached hydrogens (tertiary/aromatic N) is 4. The molecule has 0 radical (unpaired) electrons. The molecule has 0 atom stereocenters. The van der Waals surface area contributed by atoms with Gasteiger partial charge in [0, 0.05) is 63.9 Å². The summed E-state index contributed by atoms with van der Waals surface area (Å²) in [6, 6.07) is 59.4. The Morgan fingerprint density at radius 1 is 0.474 bits per heavy atom. The lowest BCUT2D eigenvalue weighted by molar-refractivity contribution is 1.09. The first-order valence-corrected chi connectivity index (χ1v) is 20.2. The first-order valence-electron chi connectivity index (χ1n) is 19.4. The molecule has 12 rings (SSSR count). The van der Waals surface area contributed by atoms with E-state index in [0.717, 1.165) is 28.0 Å². The van der Waals surface area contributed by atoms with Crippen molar-refractivity contribution in [1.29, 1.82) is 0 Å². The van der Waals surface area contributed by atoms with Crippen molar-refractivity contribution in [3.05, 3.63) is 181 Å². The van der Waals surface area contributed by atoms with Gasteiger partial charge >= 0.3 is 0 Å². The lowest BCUT2D eigenvalue weighted by atomic mass is 10.0. The zero-order chi connectivity index (χ0) is 37.8. The summed E-state index contributed by atoms with van der Waals surface area (Å²) in [7, 11) is 0. The largest absolute Gasteiger partial charge is 0.309 e. The summed E-state index contributed by atoms with van der Waals surface area (Å²) in [5.74, 6) is 0.709. The molecule has 0 saturated heterocycles. The number of thiophene rings is 1. The predicted molar refractivity (Wildman–Crippen MR) is 241 cm³/mol. The highest BCUT2D eigenvalue weighted by Gasteiger charge is 2.23. The topological polar surface area (TPSA) is 35.6 Å². The van der Waals surface area contributed by atoms with Crippen LogP contribution in [0.2, 0.25) is 0 Å². The molecule has 0 aliphatic rings. The van der Waals surface area contributed by atoms with Gasteiger partial charge in [-0.1, -0.05) is 127 Å². The van der Waals surface area contributed by atoms with Gasteiger partial charge in [0.1, 0.15) is 0 Å². The molecular formula is C52H34N4S. The number of aryl methyl sites for hydroxylation is 2. The van der Waals surface area contributed by atoms with Gasteiger partial charge in [-0.25, -0.2) is 9.97 Å².